The minimum atomic E-state index is -0.421. The molecule has 0 spiro atoms. The maximum Gasteiger partial charge on any atom is 0.341 e. The molecule has 0 saturated carbocycles. The van der Waals surface area contributed by atoms with Crippen LogP contribution in [0.2, 0.25) is 0 Å². The van der Waals surface area contributed by atoms with Crippen molar-refractivity contribution in [2.45, 2.75) is 6.92 Å². The Labute approximate surface area is 175 Å². The molecule has 0 aliphatic rings. The number of hydrazone groups is 1. The molecule has 4 rings (SSSR count). The van der Waals surface area contributed by atoms with Crippen LogP contribution in [-0.2, 0) is 4.74 Å². The molecule has 4 aromatic rings. The van der Waals surface area contributed by atoms with E-state index in [1.54, 1.807) is 13.1 Å². The smallest absolute Gasteiger partial charge is 0.341 e. The number of anilines is 1. The Balaban J connectivity index is 1.90. The van der Waals surface area contributed by atoms with Gasteiger partial charge in [-0.15, -0.1) is 0 Å². The number of hydrogen-bond acceptors (Lipinski definition) is 5. The molecule has 0 amide bonds. The van der Waals surface area contributed by atoms with E-state index in [0.29, 0.717) is 11.3 Å². The van der Waals surface area contributed by atoms with Crippen LogP contribution in [0.1, 0.15) is 23.0 Å². The molecular formula is C25H21N3O2. The minimum absolute atomic E-state index is 0.277. The summed E-state index contributed by atoms with van der Waals surface area (Å²) in [5, 5.41) is 5.20. The number of rotatable bonds is 6. The normalized spacial score (nSPS) is 11.0. The summed E-state index contributed by atoms with van der Waals surface area (Å²) < 4.78 is 5.38. The minimum Gasteiger partial charge on any atom is -0.462 e. The Bertz CT molecular complexity index is 1190. The van der Waals surface area contributed by atoms with Crippen molar-refractivity contribution in [3.8, 4) is 11.1 Å². The number of fused-ring (bicyclic) bond motifs is 1. The van der Waals surface area contributed by atoms with E-state index in [2.05, 4.69) is 10.5 Å². The SMILES string of the molecule is CCOC(=O)c1c(/C=N/Nc2ccccc2)nc2ccccc2c1-c1ccccc1. The molecule has 1 heterocycles. The highest BCUT2D eigenvalue weighted by Gasteiger charge is 2.22. The molecule has 30 heavy (non-hydrogen) atoms. The highest BCUT2D eigenvalue weighted by molar-refractivity contribution is 6.11. The number of ether oxygens (including phenoxy) is 1. The van der Waals surface area contributed by atoms with E-state index in [4.69, 9.17) is 9.72 Å². The monoisotopic (exact) mass is 395 g/mol. The average molecular weight is 395 g/mol. The number of nitrogens with one attached hydrogen (secondary N) is 1. The second-order valence-electron chi connectivity index (χ2n) is 6.59. The zero-order chi connectivity index (χ0) is 20.8. The molecule has 0 fully saturated rings. The molecular weight excluding hydrogens is 374 g/mol. The fraction of sp³-hybridized carbons (Fsp3) is 0.0800. The van der Waals surface area contributed by atoms with E-state index in [9.17, 15) is 4.79 Å². The Morgan fingerprint density at radius 1 is 0.967 bits per heavy atom. The van der Waals surface area contributed by atoms with E-state index in [0.717, 1.165) is 27.7 Å². The second kappa shape index (κ2) is 9.01. The molecule has 5 heteroatoms. The van der Waals surface area contributed by atoms with Gasteiger partial charge in [0.15, 0.2) is 0 Å². The van der Waals surface area contributed by atoms with Crippen LogP contribution in [0.3, 0.4) is 0 Å². The van der Waals surface area contributed by atoms with E-state index in [1.165, 1.54) is 0 Å². The molecule has 1 aromatic heterocycles. The van der Waals surface area contributed by atoms with E-state index < -0.39 is 5.97 Å². The summed E-state index contributed by atoms with van der Waals surface area (Å²) in [7, 11) is 0. The van der Waals surface area contributed by atoms with Crippen molar-refractivity contribution >= 4 is 28.8 Å². The van der Waals surface area contributed by atoms with Crippen molar-refractivity contribution in [1.82, 2.24) is 4.98 Å². The molecule has 0 aliphatic carbocycles. The third kappa shape index (κ3) is 4.05. The van der Waals surface area contributed by atoms with Crippen LogP contribution in [-0.4, -0.2) is 23.8 Å². The molecule has 1 N–H and O–H groups in total. The predicted octanol–water partition coefficient (Wildman–Crippen LogP) is 5.52. The summed E-state index contributed by atoms with van der Waals surface area (Å²) in [6.07, 6.45) is 1.57. The van der Waals surface area contributed by atoms with Crippen LogP contribution in [0.5, 0.6) is 0 Å². The van der Waals surface area contributed by atoms with Crippen molar-refractivity contribution in [3.63, 3.8) is 0 Å². The maximum absolute atomic E-state index is 13.0. The van der Waals surface area contributed by atoms with Gasteiger partial charge in [-0.3, -0.25) is 5.43 Å². The van der Waals surface area contributed by atoms with Gasteiger partial charge < -0.3 is 4.74 Å². The van der Waals surface area contributed by atoms with E-state index in [1.807, 2.05) is 84.9 Å². The Hall–Kier alpha value is -3.99. The lowest BCUT2D eigenvalue weighted by Gasteiger charge is -2.15. The summed E-state index contributed by atoms with van der Waals surface area (Å²) in [6, 6.07) is 27.2. The number of para-hydroxylation sites is 2. The molecule has 0 bridgehead atoms. The quantitative estimate of drug-likeness (QED) is 0.265. The van der Waals surface area contributed by atoms with Gasteiger partial charge in [0.1, 0.15) is 0 Å². The van der Waals surface area contributed by atoms with Crippen molar-refractivity contribution in [1.29, 1.82) is 0 Å². The number of carbonyl (C=O) groups excluding carboxylic acids is 1. The molecule has 0 saturated heterocycles. The zero-order valence-electron chi connectivity index (χ0n) is 16.6. The maximum atomic E-state index is 13.0. The van der Waals surface area contributed by atoms with Crippen molar-refractivity contribution in [2.24, 2.45) is 5.10 Å². The van der Waals surface area contributed by atoms with Gasteiger partial charge in [-0.25, -0.2) is 9.78 Å². The standard InChI is InChI=1S/C25H21N3O2/c1-2-30-25(29)24-22(17-26-28-19-13-7-4-8-14-19)27-21-16-10-9-15-20(21)23(24)18-11-5-3-6-12-18/h3-17,28H,2H2,1H3/b26-17+. The first-order chi connectivity index (χ1) is 14.8. The second-order valence-corrected chi connectivity index (χ2v) is 6.59. The van der Waals surface area contributed by atoms with Crippen LogP contribution < -0.4 is 5.43 Å². The Kier molecular flexibility index (Phi) is 5.80. The van der Waals surface area contributed by atoms with Crippen molar-refractivity contribution < 1.29 is 9.53 Å². The first kappa shape index (κ1) is 19.3. The average Bonchev–Trinajstić information content (AvgIpc) is 2.79. The molecule has 0 atom stereocenters. The number of hydrogen-bond donors (Lipinski definition) is 1. The molecule has 148 valence electrons. The number of carbonyl (C=O) groups is 1. The fourth-order valence-corrected chi connectivity index (χ4v) is 3.32. The third-order valence-corrected chi connectivity index (χ3v) is 4.62. The van der Waals surface area contributed by atoms with Crippen molar-refractivity contribution in [2.75, 3.05) is 12.0 Å². The lowest BCUT2D eigenvalue weighted by Crippen LogP contribution is -2.12. The molecule has 0 radical (unpaired) electrons. The number of esters is 1. The van der Waals surface area contributed by atoms with Crippen LogP contribution in [0, 0.1) is 0 Å². The highest BCUT2D eigenvalue weighted by atomic mass is 16.5. The first-order valence-electron chi connectivity index (χ1n) is 9.77. The molecule has 5 nitrogen and oxygen atoms in total. The third-order valence-electron chi connectivity index (χ3n) is 4.62. The van der Waals surface area contributed by atoms with Crippen LogP contribution in [0.25, 0.3) is 22.0 Å². The van der Waals surface area contributed by atoms with Gasteiger partial charge in [0.2, 0.25) is 0 Å². The largest absolute Gasteiger partial charge is 0.462 e. The van der Waals surface area contributed by atoms with Gasteiger partial charge in [0, 0.05) is 10.9 Å². The molecule has 3 aromatic carbocycles. The van der Waals surface area contributed by atoms with Gasteiger partial charge in [-0.05, 0) is 30.7 Å². The van der Waals surface area contributed by atoms with Gasteiger partial charge in [-0.1, -0.05) is 66.7 Å². The number of benzene rings is 3. The summed E-state index contributed by atoms with van der Waals surface area (Å²) in [4.78, 5) is 17.7. The summed E-state index contributed by atoms with van der Waals surface area (Å²) in [5.41, 5.74) is 7.17. The summed E-state index contributed by atoms with van der Waals surface area (Å²) in [5.74, 6) is -0.421. The van der Waals surface area contributed by atoms with Gasteiger partial charge in [-0.2, -0.15) is 5.10 Å². The predicted molar refractivity (Wildman–Crippen MR) is 121 cm³/mol. The lowest BCUT2D eigenvalue weighted by molar-refractivity contribution is 0.0527. The highest BCUT2D eigenvalue weighted by Crippen LogP contribution is 2.33. The van der Waals surface area contributed by atoms with E-state index in [-0.39, 0.29) is 6.61 Å². The van der Waals surface area contributed by atoms with Crippen LogP contribution in [0.15, 0.2) is 90.0 Å². The van der Waals surface area contributed by atoms with Crippen LogP contribution >= 0.6 is 0 Å². The van der Waals surface area contributed by atoms with Gasteiger partial charge in [0.25, 0.3) is 0 Å². The Morgan fingerprint density at radius 3 is 2.37 bits per heavy atom. The van der Waals surface area contributed by atoms with Gasteiger partial charge in [0.05, 0.1) is 35.3 Å². The lowest BCUT2D eigenvalue weighted by atomic mass is 9.94. The topological polar surface area (TPSA) is 63.6 Å². The Morgan fingerprint density at radius 2 is 1.63 bits per heavy atom. The molecule has 0 unspecified atom stereocenters. The molecule has 0 aliphatic heterocycles. The van der Waals surface area contributed by atoms with Crippen LogP contribution in [0.4, 0.5) is 5.69 Å². The number of aromatic nitrogens is 1. The van der Waals surface area contributed by atoms with Crippen molar-refractivity contribution in [3.05, 3.63) is 96.2 Å². The summed E-state index contributed by atoms with van der Waals surface area (Å²) >= 11 is 0. The summed E-state index contributed by atoms with van der Waals surface area (Å²) in [6.45, 7) is 2.07. The first-order valence-corrected chi connectivity index (χ1v) is 9.77. The van der Waals surface area contributed by atoms with E-state index >= 15 is 0 Å². The number of nitrogens with zero attached hydrogens (tertiary/aromatic N) is 2. The fourth-order valence-electron chi connectivity index (χ4n) is 3.32. The zero-order valence-corrected chi connectivity index (χ0v) is 16.6. The van der Waals surface area contributed by atoms with Gasteiger partial charge >= 0.3 is 5.97 Å². The number of pyridine rings is 1.